The molecule has 9 nitrogen and oxygen atoms in total. The Kier molecular flexibility index (Phi) is 6.34. The number of ether oxygens (including phenoxy) is 1. The number of aromatic nitrogens is 2. The van der Waals surface area contributed by atoms with Crippen molar-refractivity contribution >= 4 is 11.8 Å². The standard InChI is InChI=1S/C23H24N4O5/c1-2-31-18-7-5-17(6-8-18)19-9-10-21(28)27(24-19)16-22(29)25-11-13-26(14-12-25)23(30)20-4-3-15-32-20/h3-10,15H,2,11-14,16H2,1H3. The predicted octanol–water partition coefficient (Wildman–Crippen LogP) is 1.89. The molecule has 0 spiro atoms. The maximum Gasteiger partial charge on any atom is 0.289 e. The van der Waals surface area contributed by atoms with Crippen LogP contribution in [0.15, 0.2) is 64.0 Å². The highest BCUT2D eigenvalue weighted by Crippen LogP contribution is 2.20. The van der Waals surface area contributed by atoms with Crippen molar-refractivity contribution in [2.24, 2.45) is 0 Å². The molecule has 0 N–H and O–H groups in total. The smallest absolute Gasteiger partial charge is 0.289 e. The first-order chi connectivity index (χ1) is 15.5. The predicted molar refractivity (Wildman–Crippen MR) is 116 cm³/mol. The first-order valence-corrected chi connectivity index (χ1v) is 10.5. The highest BCUT2D eigenvalue weighted by Gasteiger charge is 2.26. The lowest BCUT2D eigenvalue weighted by molar-refractivity contribution is -0.133. The number of hydrogen-bond acceptors (Lipinski definition) is 6. The van der Waals surface area contributed by atoms with Gasteiger partial charge in [-0.15, -0.1) is 0 Å². The van der Waals surface area contributed by atoms with Gasteiger partial charge in [0.05, 0.1) is 18.6 Å². The van der Waals surface area contributed by atoms with Crippen LogP contribution in [0.3, 0.4) is 0 Å². The van der Waals surface area contributed by atoms with Crippen LogP contribution in [0.2, 0.25) is 0 Å². The van der Waals surface area contributed by atoms with Crippen molar-refractivity contribution in [2.45, 2.75) is 13.5 Å². The molecule has 166 valence electrons. The van der Waals surface area contributed by atoms with Crippen molar-refractivity contribution in [3.8, 4) is 17.0 Å². The van der Waals surface area contributed by atoms with Crippen LogP contribution in [0.5, 0.6) is 5.75 Å². The minimum atomic E-state index is -0.348. The molecule has 2 amide bonds. The first kappa shape index (κ1) is 21.4. The fourth-order valence-corrected chi connectivity index (χ4v) is 3.55. The molecule has 3 heterocycles. The van der Waals surface area contributed by atoms with Gasteiger partial charge in [0.25, 0.3) is 11.5 Å². The van der Waals surface area contributed by atoms with E-state index in [1.165, 1.54) is 17.0 Å². The number of nitrogens with zero attached hydrogens (tertiary/aromatic N) is 4. The Bertz CT molecular complexity index is 1130. The SMILES string of the molecule is CCOc1ccc(-c2ccc(=O)n(CC(=O)N3CCN(C(=O)c4ccco4)CC3)n2)cc1. The zero-order valence-corrected chi connectivity index (χ0v) is 17.8. The van der Waals surface area contributed by atoms with E-state index < -0.39 is 0 Å². The minimum absolute atomic E-state index is 0.157. The maximum atomic E-state index is 12.8. The summed E-state index contributed by atoms with van der Waals surface area (Å²) >= 11 is 0. The molecule has 2 aromatic heterocycles. The van der Waals surface area contributed by atoms with Crippen LogP contribution in [-0.2, 0) is 11.3 Å². The van der Waals surface area contributed by atoms with Gasteiger partial charge in [0, 0.05) is 37.8 Å². The molecule has 1 aliphatic heterocycles. The molecule has 32 heavy (non-hydrogen) atoms. The van der Waals surface area contributed by atoms with Crippen molar-refractivity contribution in [3.05, 3.63) is 70.9 Å². The number of carbonyl (C=O) groups is 2. The van der Waals surface area contributed by atoms with Gasteiger partial charge in [-0.2, -0.15) is 5.10 Å². The van der Waals surface area contributed by atoms with Gasteiger partial charge in [0.2, 0.25) is 5.91 Å². The summed E-state index contributed by atoms with van der Waals surface area (Å²) in [5.74, 6) is 0.632. The van der Waals surface area contributed by atoms with Gasteiger partial charge in [-0.1, -0.05) is 0 Å². The number of carbonyl (C=O) groups excluding carboxylic acids is 2. The highest BCUT2D eigenvalue weighted by atomic mass is 16.5. The molecule has 1 aromatic carbocycles. The molecule has 4 rings (SSSR count). The van der Waals surface area contributed by atoms with Crippen molar-refractivity contribution in [3.63, 3.8) is 0 Å². The van der Waals surface area contributed by atoms with E-state index in [-0.39, 0.29) is 29.7 Å². The van der Waals surface area contributed by atoms with Crippen molar-refractivity contribution < 1.29 is 18.7 Å². The molecular formula is C23H24N4O5. The van der Waals surface area contributed by atoms with E-state index >= 15 is 0 Å². The second-order valence-corrected chi connectivity index (χ2v) is 7.32. The topological polar surface area (TPSA) is 97.9 Å². The van der Waals surface area contributed by atoms with E-state index in [1.807, 2.05) is 31.2 Å². The van der Waals surface area contributed by atoms with Crippen LogP contribution >= 0.6 is 0 Å². The van der Waals surface area contributed by atoms with E-state index in [4.69, 9.17) is 9.15 Å². The number of benzene rings is 1. The van der Waals surface area contributed by atoms with Gasteiger partial charge in [0.1, 0.15) is 12.3 Å². The Morgan fingerprint density at radius 1 is 1.00 bits per heavy atom. The fraction of sp³-hybridized carbons (Fsp3) is 0.304. The number of hydrogen-bond donors (Lipinski definition) is 0. The molecule has 0 bridgehead atoms. The second-order valence-electron chi connectivity index (χ2n) is 7.32. The molecular weight excluding hydrogens is 412 g/mol. The fourth-order valence-electron chi connectivity index (χ4n) is 3.55. The van der Waals surface area contributed by atoms with Gasteiger partial charge >= 0.3 is 0 Å². The summed E-state index contributed by atoms with van der Waals surface area (Å²) in [5.41, 5.74) is 1.06. The summed E-state index contributed by atoms with van der Waals surface area (Å²) in [6.45, 7) is 3.92. The molecule has 9 heteroatoms. The zero-order chi connectivity index (χ0) is 22.5. The number of furan rings is 1. The lowest BCUT2D eigenvalue weighted by Crippen LogP contribution is -2.51. The Labute approximate surface area is 184 Å². The van der Waals surface area contributed by atoms with Crippen LogP contribution in [-0.4, -0.2) is 64.2 Å². The van der Waals surface area contributed by atoms with E-state index in [0.29, 0.717) is 38.5 Å². The zero-order valence-electron chi connectivity index (χ0n) is 17.8. The quantitative estimate of drug-likeness (QED) is 0.585. The average Bonchev–Trinajstić information content (AvgIpc) is 3.36. The van der Waals surface area contributed by atoms with Gasteiger partial charge in [-0.25, -0.2) is 4.68 Å². The lowest BCUT2D eigenvalue weighted by atomic mass is 10.1. The number of amides is 2. The lowest BCUT2D eigenvalue weighted by Gasteiger charge is -2.34. The maximum absolute atomic E-state index is 12.8. The van der Waals surface area contributed by atoms with Gasteiger partial charge in [-0.05, 0) is 49.4 Å². The summed E-state index contributed by atoms with van der Waals surface area (Å²) in [4.78, 5) is 40.7. The summed E-state index contributed by atoms with van der Waals surface area (Å²) in [7, 11) is 0. The van der Waals surface area contributed by atoms with Crippen molar-refractivity contribution in [1.29, 1.82) is 0 Å². The molecule has 0 unspecified atom stereocenters. The Morgan fingerprint density at radius 3 is 2.38 bits per heavy atom. The van der Waals surface area contributed by atoms with Crippen molar-refractivity contribution in [2.75, 3.05) is 32.8 Å². The van der Waals surface area contributed by atoms with Crippen LogP contribution in [0.1, 0.15) is 17.5 Å². The normalized spacial score (nSPS) is 13.8. The largest absolute Gasteiger partial charge is 0.494 e. The first-order valence-electron chi connectivity index (χ1n) is 10.5. The summed E-state index contributed by atoms with van der Waals surface area (Å²) < 4.78 is 11.8. The molecule has 0 aliphatic carbocycles. The summed E-state index contributed by atoms with van der Waals surface area (Å²) in [6.07, 6.45) is 1.46. The highest BCUT2D eigenvalue weighted by molar-refractivity contribution is 5.91. The van der Waals surface area contributed by atoms with E-state index in [9.17, 15) is 14.4 Å². The Morgan fingerprint density at radius 2 is 1.72 bits per heavy atom. The second kappa shape index (κ2) is 9.51. The van der Waals surface area contributed by atoms with Crippen LogP contribution in [0.4, 0.5) is 0 Å². The third-order valence-corrected chi connectivity index (χ3v) is 5.26. The molecule has 3 aromatic rings. The number of piperazine rings is 1. The van der Waals surface area contributed by atoms with Crippen molar-refractivity contribution in [1.82, 2.24) is 19.6 Å². The minimum Gasteiger partial charge on any atom is -0.494 e. The summed E-state index contributed by atoms with van der Waals surface area (Å²) in [6, 6.07) is 13.7. The van der Waals surface area contributed by atoms with Gasteiger partial charge < -0.3 is 19.0 Å². The van der Waals surface area contributed by atoms with Gasteiger partial charge in [-0.3, -0.25) is 14.4 Å². The molecule has 0 atom stereocenters. The molecule has 0 radical (unpaired) electrons. The third kappa shape index (κ3) is 4.72. The van der Waals surface area contributed by atoms with Crippen LogP contribution in [0.25, 0.3) is 11.3 Å². The van der Waals surface area contributed by atoms with E-state index in [2.05, 4.69) is 5.10 Å². The monoisotopic (exact) mass is 436 g/mol. The molecule has 1 aliphatic rings. The van der Waals surface area contributed by atoms with E-state index in [1.54, 1.807) is 28.0 Å². The Balaban J connectivity index is 1.39. The Hall–Kier alpha value is -3.88. The molecule has 1 saturated heterocycles. The average molecular weight is 436 g/mol. The molecule has 0 saturated carbocycles. The van der Waals surface area contributed by atoms with Crippen LogP contribution in [0, 0.1) is 0 Å². The number of rotatable bonds is 6. The molecule has 1 fully saturated rings. The summed E-state index contributed by atoms with van der Waals surface area (Å²) in [5, 5.41) is 4.37. The van der Waals surface area contributed by atoms with Gasteiger partial charge in [0.15, 0.2) is 5.76 Å². The van der Waals surface area contributed by atoms with E-state index in [0.717, 1.165) is 11.3 Å². The third-order valence-electron chi connectivity index (χ3n) is 5.26. The van der Waals surface area contributed by atoms with Crippen LogP contribution < -0.4 is 10.3 Å².